The smallest absolute Gasteiger partial charge is 0.261 e. The van der Waals surface area contributed by atoms with Crippen molar-refractivity contribution in [1.29, 1.82) is 0 Å². The number of nitrogens with one attached hydrogen (secondary N) is 1. The molecular weight excluding hydrogens is 468 g/mol. The standard InChI is InChI=1S/C23H28BrClN2O3/c1-5-17-8-11-21(20(24)12-17)30-14-22(28)27(16(4)23(29)26-15(2)3)13-18-6-9-19(25)10-7-18/h6-12,15-16H,5,13-14H2,1-4H3,(H,26,29)/t16-/m1/s1. The molecular formula is C23H28BrClN2O3. The van der Waals surface area contributed by atoms with Gasteiger partial charge in [-0.2, -0.15) is 0 Å². The van der Waals surface area contributed by atoms with Crippen LogP contribution in [0.5, 0.6) is 5.75 Å². The SMILES string of the molecule is CCc1ccc(OCC(=O)N(Cc2ccc(Cl)cc2)[C@H](C)C(=O)NC(C)C)c(Br)c1. The number of ether oxygens (including phenoxy) is 1. The van der Waals surface area contributed by atoms with Crippen LogP contribution in [0, 0.1) is 0 Å². The Balaban J connectivity index is 2.16. The van der Waals surface area contributed by atoms with Crippen molar-refractivity contribution >= 4 is 39.3 Å². The lowest BCUT2D eigenvalue weighted by atomic mass is 10.1. The lowest BCUT2D eigenvalue weighted by Gasteiger charge is -2.29. The highest BCUT2D eigenvalue weighted by atomic mass is 79.9. The van der Waals surface area contributed by atoms with E-state index in [0.29, 0.717) is 10.8 Å². The molecule has 0 unspecified atom stereocenters. The lowest BCUT2D eigenvalue weighted by molar-refractivity contribution is -0.142. The predicted molar refractivity (Wildman–Crippen MR) is 124 cm³/mol. The van der Waals surface area contributed by atoms with Gasteiger partial charge in [0.1, 0.15) is 11.8 Å². The first-order valence-corrected chi connectivity index (χ1v) is 11.1. The quantitative estimate of drug-likeness (QED) is 0.533. The highest BCUT2D eigenvalue weighted by Crippen LogP contribution is 2.26. The molecule has 1 atom stereocenters. The Labute approximate surface area is 191 Å². The van der Waals surface area contributed by atoms with Gasteiger partial charge in [-0.05, 0) is 78.5 Å². The van der Waals surface area contributed by atoms with E-state index in [9.17, 15) is 9.59 Å². The average molecular weight is 496 g/mol. The van der Waals surface area contributed by atoms with Gasteiger partial charge in [-0.15, -0.1) is 0 Å². The average Bonchev–Trinajstić information content (AvgIpc) is 2.71. The molecule has 0 aliphatic carbocycles. The van der Waals surface area contributed by atoms with Crippen LogP contribution < -0.4 is 10.1 Å². The summed E-state index contributed by atoms with van der Waals surface area (Å²) in [5, 5.41) is 3.48. The van der Waals surface area contributed by atoms with Crippen molar-refractivity contribution in [2.75, 3.05) is 6.61 Å². The van der Waals surface area contributed by atoms with Crippen LogP contribution in [-0.4, -0.2) is 35.4 Å². The van der Waals surface area contributed by atoms with Gasteiger partial charge < -0.3 is 15.0 Å². The molecule has 1 N–H and O–H groups in total. The van der Waals surface area contributed by atoms with E-state index in [0.717, 1.165) is 16.5 Å². The fourth-order valence-corrected chi connectivity index (χ4v) is 3.54. The molecule has 0 saturated heterocycles. The molecule has 0 fully saturated rings. The Morgan fingerprint density at radius 1 is 1.10 bits per heavy atom. The van der Waals surface area contributed by atoms with Crippen molar-refractivity contribution in [2.45, 2.75) is 52.7 Å². The van der Waals surface area contributed by atoms with Gasteiger partial charge in [0.25, 0.3) is 5.91 Å². The van der Waals surface area contributed by atoms with Crippen LogP contribution in [-0.2, 0) is 22.6 Å². The van der Waals surface area contributed by atoms with Crippen LogP contribution in [0.4, 0.5) is 0 Å². The van der Waals surface area contributed by atoms with Crippen LogP contribution >= 0.6 is 27.5 Å². The van der Waals surface area contributed by atoms with E-state index in [1.807, 2.05) is 44.2 Å². The normalized spacial score (nSPS) is 11.8. The van der Waals surface area contributed by atoms with Crippen molar-refractivity contribution in [3.05, 3.63) is 63.1 Å². The molecule has 7 heteroatoms. The van der Waals surface area contributed by atoms with Crippen LogP contribution in [0.15, 0.2) is 46.9 Å². The third kappa shape index (κ3) is 7.03. The first-order chi connectivity index (χ1) is 14.2. The van der Waals surface area contributed by atoms with Gasteiger partial charge in [-0.25, -0.2) is 0 Å². The molecule has 0 bridgehead atoms. The minimum Gasteiger partial charge on any atom is -0.483 e. The first kappa shape index (κ1) is 24.2. The molecule has 162 valence electrons. The molecule has 0 saturated carbocycles. The number of rotatable bonds is 9. The number of hydrogen-bond donors (Lipinski definition) is 1. The van der Waals surface area contributed by atoms with Crippen LogP contribution in [0.2, 0.25) is 5.02 Å². The number of carbonyl (C=O) groups is 2. The van der Waals surface area contributed by atoms with E-state index in [-0.39, 0.29) is 31.0 Å². The molecule has 0 aliphatic heterocycles. The Bertz CT molecular complexity index is 871. The monoisotopic (exact) mass is 494 g/mol. The first-order valence-electron chi connectivity index (χ1n) is 9.96. The zero-order chi connectivity index (χ0) is 22.3. The Morgan fingerprint density at radius 3 is 2.30 bits per heavy atom. The number of halogens is 2. The molecule has 5 nitrogen and oxygen atoms in total. The second kappa shape index (κ2) is 11.4. The Kier molecular flexibility index (Phi) is 9.18. The van der Waals surface area contributed by atoms with Gasteiger partial charge in [-0.3, -0.25) is 9.59 Å². The van der Waals surface area contributed by atoms with E-state index >= 15 is 0 Å². The predicted octanol–water partition coefficient (Wildman–Crippen LogP) is 4.99. The maximum absolute atomic E-state index is 13.0. The van der Waals surface area contributed by atoms with E-state index in [1.165, 1.54) is 10.5 Å². The summed E-state index contributed by atoms with van der Waals surface area (Å²) < 4.78 is 6.55. The number of nitrogens with zero attached hydrogens (tertiary/aromatic N) is 1. The molecule has 0 aromatic heterocycles. The molecule has 30 heavy (non-hydrogen) atoms. The number of aryl methyl sites for hydroxylation is 1. The van der Waals surface area contributed by atoms with E-state index in [2.05, 4.69) is 28.2 Å². The van der Waals surface area contributed by atoms with Gasteiger partial charge in [0.15, 0.2) is 6.61 Å². The lowest BCUT2D eigenvalue weighted by Crippen LogP contribution is -2.50. The van der Waals surface area contributed by atoms with E-state index in [4.69, 9.17) is 16.3 Å². The summed E-state index contributed by atoms with van der Waals surface area (Å²) in [5.41, 5.74) is 2.05. The summed E-state index contributed by atoms with van der Waals surface area (Å²) in [6, 6.07) is 12.3. The molecule has 0 radical (unpaired) electrons. The maximum atomic E-state index is 13.0. The van der Waals surface area contributed by atoms with Crippen molar-refractivity contribution in [3.8, 4) is 5.75 Å². The molecule has 2 rings (SSSR count). The fourth-order valence-electron chi connectivity index (χ4n) is 2.88. The summed E-state index contributed by atoms with van der Waals surface area (Å²) in [6.45, 7) is 7.67. The minimum absolute atomic E-state index is 0.0169. The fraction of sp³-hybridized carbons (Fsp3) is 0.391. The zero-order valence-electron chi connectivity index (χ0n) is 17.7. The van der Waals surface area contributed by atoms with Crippen molar-refractivity contribution in [3.63, 3.8) is 0 Å². The molecule has 0 heterocycles. The van der Waals surface area contributed by atoms with Gasteiger partial charge in [0.05, 0.1) is 4.47 Å². The van der Waals surface area contributed by atoms with Gasteiger partial charge in [-0.1, -0.05) is 36.7 Å². The number of hydrogen-bond acceptors (Lipinski definition) is 3. The van der Waals surface area contributed by atoms with Gasteiger partial charge in [0.2, 0.25) is 5.91 Å². The third-order valence-electron chi connectivity index (χ3n) is 4.62. The third-order valence-corrected chi connectivity index (χ3v) is 5.49. The summed E-state index contributed by atoms with van der Waals surface area (Å²) in [7, 11) is 0. The highest BCUT2D eigenvalue weighted by molar-refractivity contribution is 9.10. The molecule has 0 spiro atoms. The summed E-state index contributed by atoms with van der Waals surface area (Å²) >= 11 is 9.45. The van der Waals surface area contributed by atoms with Crippen LogP contribution in [0.25, 0.3) is 0 Å². The second-order valence-electron chi connectivity index (χ2n) is 7.39. The Morgan fingerprint density at radius 2 is 1.73 bits per heavy atom. The van der Waals surface area contributed by atoms with Crippen molar-refractivity contribution in [1.82, 2.24) is 10.2 Å². The highest BCUT2D eigenvalue weighted by Gasteiger charge is 2.27. The summed E-state index contributed by atoms with van der Waals surface area (Å²) in [6.07, 6.45) is 0.912. The van der Waals surface area contributed by atoms with Crippen molar-refractivity contribution < 1.29 is 14.3 Å². The zero-order valence-corrected chi connectivity index (χ0v) is 20.1. The summed E-state index contributed by atoms with van der Waals surface area (Å²) in [5.74, 6) is 0.106. The van der Waals surface area contributed by atoms with Gasteiger partial charge >= 0.3 is 0 Å². The number of carbonyl (C=O) groups excluding carboxylic acids is 2. The number of amides is 2. The molecule has 0 aliphatic rings. The second-order valence-corrected chi connectivity index (χ2v) is 8.69. The van der Waals surface area contributed by atoms with Crippen LogP contribution in [0.1, 0.15) is 38.8 Å². The molecule has 2 amide bonds. The van der Waals surface area contributed by atoms with Crippen LogP contribution in [0.3, 0.4) is 0 Å². The molecule has 2 aromatic carbocycles. The van der Waals surface area contributed by atoms with E-state index < -0.39 is 6.04 Å². The van der Waals surface area contributed by atoms with Crippen molar-refractivity contribution in [2.24, 2.45) is 0 Å². The van der Waals surface area contributed by atoms with Gasteiger partial charge in [0, 0.05) is 17.6 Å². The molecule has 2 aromatic rings. The largest absolute Gasteiger partial charge is 0.483 e. The number of benzene rings is 2. The maximum Gasteiger partial charge on any atom is 0.261 e. The Hall–Kier alpha value is -2.05. The topological polar surface area (TPSA) is 58.6 Å². The summed E-state index contributed by atoms with van der Waals surface area (Å²) in [4.78, 5) is 27.1. The minimum atomic E-state index is -0.648. The van der Waals surface area contributed by atoms with E-state index in [1.54, 1.807) is 19.1 Å².